The lowest BCUT2D eigenvalue weighted by molar-refractivity contribution is -0.147. The zero-order chi connectivity index (χ0) is 18.8. The van der Waals surface area contributed by atoms with Gasteiger partial charge in [-0.25, -0.2) is 4.79 Å². The van der Waals surface area contributed by atoms with Gasteiger partial charge in [0.05, 0.1) is 9.28 Å². The molecule has 1 aliphatic rings. The van der Waals surface area contributed by atoms with Crippen LogP contribution in [-0.4, -0.2) is 36.5 Å². The Morgan fingerprint density at radius 3 is 2.08 bits per heavy atom. The Morgan fingerprint density at radius 2 is 1.71 bits per heavy atom. The molecule has 0 radical (unpaired) electrons. The minimum absolute atomic E-state index is 0.0471. The number of hydrogen-bond donors (Lipinski definition) is 2. The number of aliphatic carboxylic acids is 1. The van der Waals surface area contributed by atoms with E-state index in [1.165, 1.54) is 13.8 Å². The lowest BCUT2D eigenvalue weighted by Crippen LogP contribution is -2.49. The highest BCUT2D eigenvalue weighted by molar-refractivity contribution is 14.1. The van der Waals surface area contributed by atoms with Crippen LogP contribution in [0.3, 0.4) is 0 Å². The van der Waals surface area contributed by atoms with Crippen molar-refractivity contribution in [2.45, 2.75) is 28.3 Å². The third-order valence-electron chi connectivity index (χ3n) is 2.64. The van der Waals surface area contributed by atoms with Crippen LogP contribution in [0.25, 0.3) is 0 Å². The van der Waals surface area contributed by atoms with Crippen molar-refractivity contribution in [3.05, 3.63) is 20.6 Å². The summed E-state index contributed by atoms with van der Waals surface area (Å²) in [6.07, 6.45) is 0. The topological polar surface area (TPSA) is 119 Å². The van der Waals surface area contributed by atoms with Crippen molar-refractivity contribution >= 4 is 91.6 Å². The van der Waals surface area contributed by atoms with E-state index in [-0.39, 0.29) is 20.6 Å². The van der Waals surface area contributed by atoms with Gasteiger partial charge < -0.3 is 19.9 Å². The first-order chi connectivity index (χ1) is 10.9. The van der Waals surface area contributed by atoms with Gasteiger partial charge in [0.2, 0.25) is 9.51 Å². The van der Waals surface area contributed by atoms with E-state index in [9.17, 15) is 24.3 Å². The van der Waals surface area contributed by atoms with E-state index in [2.05, 4.69) is 5.32 Å². The van der Waals surface area contributed by atoms with E-state index in [4.69, 9.17) is 9.47 Å². The van der Waals surface area contributed by atoms with Crippen molar-refractivity contribution in [3.8, 4) is 0 Å². The minimum atomic E-state index is -1.57. The third kappa shape index (κ3) is 4.59. The van der Waals surface area contributed by atoms with Gasteiger partial charge in [-0.05, 0) is 45.2 Å². The number of carbonyl (C=O) groups is 4. The monoisotopic (exact) mass is 675 g/mol. The SMILES string of the molecule is CC(=O)NC1=C(C(=O)O)C(I)=C(OC(C)=O)C(I)C1(I)OC(C)=O. The number of esters is 2. The van der Waals surface area contributed by atoms with Crippen LogP contribution >= 0.6 is 67.8 Å². The van der Waals surface area contributed by atoms with Crippen LogP contribution in [0, 0.1) is 0 Å². The molecule has 0 bridgehead atoms. The molecule has 132 valence electrons. The van der Waals surface area contributed by atoms with E-state index < -0.39 is 31.3 Å². The molecule has 0 fully saturated rings. The van der Waals surface area contributed by atoms with Gasteiger partial charge in [-0.15, -0.1) is 0 Å². The molecule has 0 saturated heterocycles. The summed E-state index contributed by atoms with van der Waals surface area (Å²) in [7, 11) is 0. The largest absolute Gasteiger partial charge is 0.478 e. The number of rotatable bonds is 4. The van der Waals surface area contributed by atoms with Crippen LogP contribution in [0.2, 0.25) is 0 Å². The van der Waals surface area contributed by atoms with Gasteiger partial charge in [0.25, 0.3) is 0 Å². The smallest absolute Gasteiger partial charge is 0.338 e. The van der Waals surface area contributed by atoms with Gasteiger partial charge in [0.1, 0.15) is 15.3 Å². The summed E-state index contributed by atoms with van der Waals surface area (Å²) in [6.45, 7) is 3.54. The Bertz CT molecular complexity index is 685. The number of ether oxygens (including phenoxy) is 2. The molecule has 8 nitrogen and oxygen atoms in total. The van der Waals surface area contributed by atoms with E-state index in [1.807, 2.05) is 22.6 Å². The molecule has 0 aromatic rings. The van der Waals surface area contributed by atoms with Crippen molar-refractivity contribution in [1.82, 2.24) is 5.32 Å². The highest BCUT2D eigenvalue weighted by Crippen LogP contribution is 2.49. The Kier molecular flexibility index (Phi) is 7.46. The fourth-order valence-corrected chi connectivity index (χ4v) is 5.29. The Morgan fingerprint density at radius 1 is 1.17 bits per heavy atom. The minimum Gasteiger partial charge on any atom is -0.478 e. The van der Waals surface area contributed by atoms with Crippen LogP contribution in [0.15, 0.2) is 20.6 Å². The molecular weight excluding hydrogens is 663 g/mol. The standard InChI is InChI=1S/C13H12I3NO7/c1-4(18)17-11-7(12(21)22)8(14)9(23-5(2)19)10(15)13(11,16)24-6(3)20/h10H,1-3H3,(H,17,18)(H,21,22). The second-order valence-corrected chi connectivity index (χ2v) is 8.54. The maximum atomic E-state index is 11.7. The first-order valence-electron chi connectivity index (χ1n) is 6.28. The Hall–Kier alpha value is -0.450. The second-order valence-electron chi connectivity index (χ2n) is 4.61. The normalized spacial score (nSPS) is 23.7. The van der Waals surface area contributed by atoms with E-state index in [0.717, 1.165) is 6.92 Å². The van der Waals surface area contributed by atoms with Crippen molar-refractivity contribution in [1.29, 1.82) is 0 Å². The quantitative estimate of drug-likeness (QED) is 0.267. The summed E-state index contributed by atoms with van der Waals surface area (Å²) < 4.78 is 8.29. The fourth-order valence-electron chi connectivity index (χ4n) is 1.90. The predicted molar refractivity (Wildman–Crippen MR) is 108 cm³/mol. The van der Waals surface area contributed by atoms with Crippen LogP contribution < -0.4 is 5.32 Å². The number of nitrogens with one attached hydrogen (secondary N) is 1. The molecule has 0 aliphatic heterocycles. The molecule has 2 atom stereocenters. The van der Waals surface area contributed by atoms with Crippen LogP contribution in [0.1, 0.15) is 20.8 Å². The molecule has 1 aliphatic carbocycles. The number of hydrogen-bond acceptors (Lipinski definition) is 6. The number of alkyl halides is 2. The molecule has 11 heteroatoms. The first-order valence-corrected chi connectivity index (χ1v) is 9.68. The number of carboxylic acids is 1. The predicted octanol–water partition coefficient (Wildman–Crippen LogP) is 2.18. The highest BCUT2D eigenvalue weighted by atomic mass is 127. The van der Waals surface area contributed by atoms with Gasteiger partial charge in [-0.3, -0.25) is 14.4 Å². The molecule has 0 heterocycles. The maximum absolute atomic E-state index is 11.7. The maximum Gasteiger partial charge on any atom is 0.338 e. The summed E-state index contributed by atoms with van der Waals surface area (Å²) in [6, 6.07) is 0. The summed E-state index contributed by atoms with van der Waals surface area (Å²) in [5, 5.41) is 12.0. The summed E-state index contributed by atoms with van der Waals surface area (Å²) >= 11 is 5.32. The van der Waals surface area contributed by atoms with Gasteiger partial charge >= 0.3 is 17.9 Å². The molecule has 0 saturated carbocycles. The Labute approximate surface area is 178 Å². The first kappa shape index (κ1) is 21.6. The average molecular weight is 675 g/mol. The summed E-state index contributed by atoms with van der Waals surface area (Å²) in [5.74, 6) is -3.16. The second kappa shape index (κ2) is 8.29. The number of amides is 1. The van der Waals surface area contributed by atoms with Crippen molar-refractivity contribution in [3.63, 3.8) is 0 Å². The average Bonchev–Trinajstić information content (AvgIpc) is 2.39. The third-order valence-corrected chi connectivity index (χ3v) is 7.73. The van der Waals surface area contributed by atoms with Gasteiger partial charge in [0.15, 0.2) is 0 Å². The van der Waals surface area contributed by atoms with Crippen LogP contribution in [-0.2, 0) is 28.7 Å². The molecule has 0 spiro atoms. The van der Waals surface area contributed by atoms with Gasteiger partial charge in [-0.1, -0.05) is 22.6 Å². The zero-order valence-electron chi connectivity index (χ0n) is 12.6. The zero-order valence-corrected chi connectivity index (χ0v) is 19.1. The molecule has 0 aromatic heterocycles. The van der Waals surface area contributed by atoms with E-state index in [0.29, 0.717) is 0 Å². The molecule has 1 rings (SSSR count). The number of halogens is 3. The number of carboxylic acid groups (broad SMARTS) is 1. The lowest BCUT2D eigenvalue weighted by Gasteiger charge is -2.38. The lowest BCUT2D eigenvalue weighted by atomic mass is 9.98. The van der Waals surface area contributed by atoms with Gasteiger partial charge in [0, 0.05) is 20.8 Å². The molecule has 2 N–H and O–H groups in total. The molecule has 0 aromatic carbocycles. The molecular formula is C13H12I3NO7. The van der Waals surface area contributed by atoms with Crippen molar-refractivity contribution in [2.24, 2.45) is 0 Å². The molecule has 1 amide bonds. The summed E-state index contributed by atoms with van der Waals surface area (Å²) in [4.78, 5) is 46.2. The number of carbonyl (C=O) groups excluding carboxylic acids is 3. The molecule has 2 unspecified atom stereocenters. The summed E-state index contributed by atoms with van der Waals surface area (Å²) in [5.41, 5.74) is -0.386. The molecule has 24 heavy (non-hydrogen) atoms. The van der Waals surface area contributed by atoms with Crippen molar-refractivity contribution < 1.29 is 33.8 Å². The van der Waals surface area contributed by atoms with E-state index in [1.54, 1.807) is 45.2 Å². The van der Waals surface area contributed by atoms with E-state index >= 15 is 0 Å². The Balaban J connectivity index is 3.75. The van der Waals surface area contributed by atoms with Gasteiger partial charge in [-0.2, -0.15) is 0 Å². The van der Waals surface area contributed by atoms with Crippen LogP contribution in [0.5, 0.6) is 0 Å². The fraction of sp³-hybridized carbons (Fsp3) is 0.385. The van der Waals surface area contributed by atoms with Crippen LogP contribution in [0.4, 0.5) is 0 Å². The highest BCUT2D eigenvalue weighted by Gasteiger charge is 2.52. The van der Waals surface area contributed by atoms with Crippen molar-refractivity contribution in [2.75, 3.05) is 0 Å².